The molecule has 5 heteroatoms. The molecule has 1 aromatic carbocycles. The normalized spacial score (nSPS) is 19.5. The van der Waals surface area contributed by atoms with Crippen LogP contribution in [0.3, 0.4) is 0 Å². The van der Waals surface area contributed by atoms with E-state index in [2.05, 4.69) is 0 Å². The van der Waals surface area contributed by atoms with Gasteiger partial charge in [0.2, 0.25) is 10.0 Å². The molecule has 0 bridgehead atoms. The zero-order valence-electron chi connectivity index (χ0n) is 7.93. The third kappa shape index (κ3) is 2.24. The van der Waals surface area contributed by atoms with E-state index in [0.717, 1.165) is 5.56 Å². The largest absolute Gasteiger partial charge is 0.236 e. The van der Waals surface area contributed by atoms with Crippen LogP contribution in [0.2, 0.25) is 0 Å². The van der Waals surface area contributed by atoms with Crippen molar-refractivity contribution in [1.82, 2.24) is 4.31 Å². The number of hydrogen-bond donors (Lipinski definition) is 0. The van der Waals surface area contributed by atoms with Gasteiger partial charge < -0.3 is 0 Å². The lowest BCUT2D eigenvalue weighted by molar-refractivity contribution is 0.454. The van der Waals surface area contributed by atoms with E-state index in [0.29, 0.717) is 6.54 Å². The van der Waals surface area contributed by atoms with E-state index in [1.807, 2.05) is 0 Å². The number of rotatable bonds is 2. The molecule has 1 aliphatic rings. The first-order chi connectivity index (χ1) is 7.08. The number of nitrogens with zero attached hydrogens (tertiary/aromatic N) is 1. The lowest BCUT2D eigenvalue weighted by atomic mass is 10.2. The van der Waals surface area contributed by atoms with Crippen LogP contribution >= 0.6 is 0 Å². The minimum atomic E-state index is -3.24. The van der Waals surface area contributed by atoms with Crippen molar-refractivity contribution in [2.45, 2.75) is 6.54 Å². The summed E-state index contributed by atoms with van der Waals surface area (Å²) in [7, 11) is -3.24. The molecular formula is C10H10FNO2S. The Morgan fingerprint density at radius 2 is 1.93 bits per heavy atom. The molecule has 3 nitrogen and oxygen atoms in total. The quantitative estimate of drug-likeness (QED) is 0.767. The summed E-state index contributed by atoms with van der Waals surface area (Å²) in [5.41, 5.74) is 0.781. The second-order valence-corrected chi connectivity index (χ2v) is 5.15. The molecule has 0 saturated carbocycles. The Hall–Kier alpha value is -1.20. The van der Waals surface area contributed by atoms with Crippen molar-refractivity contribution in [3.63, 3.8) is 0 Å². The van der Waals surface area contributed by atoms with Gasteiger partial charge in [0.1, 0.15) is 5.82 Å². The van der Waals surface area contributed by atoms with E-state index in [1.165, 1.54) is 21.8 Å². The highest BCUT2D eigenvalue weighted by atomic mass is 32.2. The molecule has 15 heavy (non-hydrogen) atoms. The molecule has 0 radical (unpaired) electrons. The average molecular weight is 227 g/mol. The highest BCUT2D eigenvalue weighted by Crippen LogP contribution is 2.15. The van der Waals surface area contributed by atoms with Gasteiger partial charge >= 0.3 is 0 Å². The maximum atomic E-state index is 12.6. The molecule has 0 aromatic heterocycles. The number of halogens is 1. The van der Waals surface area contributed by atoms with Crippen LogP contribution in [0.25, 0.3) is 0 Å². The first-order valence-electron chi connectivity index (χ1n) is 4.49. The van der Waals surface area contributed by atoms with Crippen molar-refractivity contribution < 1.29 is 12.8 Å². The van der Waals surface area contributed by atoms with E-state index >= 15 is 0 Å². The fraction of sp³-hybridized carbons (Fsp3) is 0.200. The van der Waals surface area contributed by atoms with Gasteiger partial charge in [0.15, 0.2) is 0 Å². The summed E-state index contributed by atoms with van der Waals surface area (Å²) in [5, 5.41) is 1.19. The van der Waals surface area contributed by atoms with Crippen LogP contribution in [0.1, 0.15) is 5.56 Å². The van der Waals surface area contributed by atoms with Gasteiger partial charge in [-0.05, 0) is 17.7 Å². The molecule has 2 rings (SSSR count). The Morgan fingerprint density at radius 3 is 2.47 bits per heavy atom. The molecule has 1 aromatic rings. The van der Waals surface area contributed by atoms with Gasteiger partial charge in [-0.3, -0.25) is 0 Å². The third-order valence-electron chi connectivity index (χ3n) is 2.21. The fourth-order valence-corrected chi connectivity index (χ4v) is 2.54. The summed E-state index contributed by atoms with van der Waals surface area (Å²) in [6.07, 6.45) is 1.60. The molecule has 0 fully saturated rings. The monoisotopic (exact) mass is 227 g/mol. The van der Waals surface area contributed by atoms with E-state index in [9.17, 15) is 12.8 Å². The Morgan fingerprint density at radius 1 is 1.27 bits per heavy atom. The summed E-state index contributed by atoms with van der Waals surface area (Å²) in [6.45, 7) is 0.676. The van der Waals surface area contributed by atoms with Gasteiger partial charge in [0.05, 0.1) is 0 Å². The summed E-state index contributed by atoms with van der Waals surface area (Å²) in [6, 6.07) is 5.82. The van der Waals surface area contributed by atoms with Gasteiger partial charge in [-0.2, -0.15) is 4.31 Å². The molecule has 1 aliphatic heterocycles. The summed E-state index contributed by atoms with van der Waals surface area (Å²) in [4.78, 5) is 0. The van der Waals surface area contributed by atoms with Crippen molar-refractivity contribution in [3.05, 3.63) is 47.1 Å². The van der Waals surface area contributed by atoms with Gasteiger partial charge in [-0.15, -0.1) is 0 Å². The first-order valence-corrected chi connectivity index (χ1v) is 5.99. The van der Waals surface area contributed by atoms with Crippen LogP contribution < -0.4 is 0 Å². The topological polar surface area (TPSA) is 37.4 Å². The summed E-state index contributed by atoms with van der Waals surface area (Å²) >= 11 is 0. The van der Waals surface area contributed by atoms with Crippen molar-refractivity contribution in [2.75, 3.05) is 6.54 Å². The van der Waals surface area contributed by atoms with Crippen molar-refractivity contribution in [1.29, 1.82) is 0 Å². The van der Waals surface area contributed by atoms with Gasteiger partial charge in [-0.1, -0.05) is 18.2 Å². The van der Waals surface area contributed by atoms with Crippen molar-refractivity contribution in [2.24, 2.45) is 0 Å². The predicted molar refractivity (Wildman–Crippen MR) is 54.9 cm³/mol. The molecule has 0 unspecified atom stereocenters. The number of hydrogen-bond acceptors (Lipinski definition) is 2. The summed E-state index contributed by atoms with van der Waals surface area (Å²) in [5.74, 6) is -0.318. The minimum absolute atomic E-state index is 0.287. The predicted octanol–water partition coefficient (Wildman–Crippen LogP) is 1.48. The lowest BCUT2D eigenvalue weighted by Gasteiger charge is -2.13. The van der Waals surface area contributed by atoms with Gasteiger partial charge in [0, 0.05) is 18.5 Å². The van der Waals surface area contributed by atoms with Crippen LogP contribution in [0.4, 0.5) is 4.39 Å². The Bertz CT molecular complexity index is 479. The van der Waals surface area contributed by atoms with Crippen LogP contribution in [-0.2, 0) is 16.6 Å². The molecule has 0 amide bonds. The molecule has 0 atom stereocenters. The molecule has 1 heterocycles. The minimum Gasteiger partial charge on any atom is -0.207 e. The maximum Gasteiger partial charge on any atom is 0.236 e. The number of benzene rings is 1. The second-order valence-electron chi connectivity index (χ2n) is 3.34. The van der Waals surface area contributed by atoms with Crippen molar-refractivity contribution in [3.8, 4) is 0 Å². The molecule has 0 aliphatic carbocycles. The zero-order chi connectivity index (χ0) is 10.9. The van der Waals surface area contributed by atoms with E-state index in [4.69, 9.17) is 0 Å². The molecule has 0 N–H and O–H groups in total. The van der Waals surface area contributed by atoms with Gasteiger partial charge in [0.25, 0.3) is 0 Å². The fourth-order valence-electron chi connectivity index (χ4n) is 1.42. The number of sulfonamides is 1. The van der Waals surface area contributed by atoms with Gasteiger partial charge in [-0.25, -0.2) is 12.8 Å². The SMILES string of the molecule is O=S1(=O)C=CCN1Cc1ccc(F)cc1. The highest BCUT2D eigenvalue weighted by Gasteiger charge is 2.22. The standard InChI is InChI=1S/C10H10FNO2S/c11-10-4-2-9(3-5-10)8-12-6-1-7-15(12,13)14/h1-5,7H,6,8H2. The smallest absolute Gasteiger partial charge is 0.207 e. The molecule has 0 saturated heterocycles. The van der Waals surface area contributed by atoms with E-state index in [1.54, 1.807) is 18.2 Å². The molecule has 0 spiro atoms. The average Bonchev–Trinajstić information content (AvgIpc) is 2.50. The second kappa shape index (κ2) is 3.75. The maximum absolute atomic E-state index is 12.6. The van der Waals surface area contributed by atoms with E-state index < -0.39 is 10.0 Å². The molecular weight excluding hydrogens is 217 g/mol. The van der Waals surface area contributed by atoms with Crippen molar-refractivity contribution >= 4 is 10.0 Å². The Labute approximate surface area is 87.9 Å². The van der Waals surface area contributed by atoms with Crippen LogP contribution in [-0.4, -0.2) is 19.3 Å². The molecule has 80 valence electrons. The summed E-state index contributed by atoms with van der Waals surface area (Å²) < 4.78 is 36.7. The van der Waals surface area contributed by atoms with Crippen LogP contribution in [0, 0.1) is 5.82 Å². The Kier molecular flexibility index (Phi) is 2.58. The van der Waals surface area contributed by atoms with Crippen LogP contribution in [0.5, 0.6) is 0 Å². The third-order valence-corrected chi connectivity index (χ3v) is 3.74. The first kappa shape index (κ1) is 10.3. The van der Waals surface area contributed by atoms with E-state index in [-0.39, 0.29) is 12.4 Å². The van der Waals surface area contributed by atoms with Crippen LogP contribution in [0.15, 0.2) is 35.7 Å². The highest BCUT2D eigenvalue weighted by molar-refractivity contribution is 7.92. The Balaban J connectivity index is 2.14. The lowest BCUT2D eigenvalue weighted by Crippen LogP contribution is -2.24. The zero-order valence-corrected chi connectivity index (χ0v) is 8.74.